The van der Waals surface area contributed by atoms with Crippen molar-refractivity contribution in [1.29, 1.82) is 0 Å². The van der Waals surface area contributed by atoms with Crippen molar-refractivity contribution in [1.82, 2.24) is 0 Å². The molecule has 0 radical (unpaired) electrons. The van der Waals surface area contributed by atoms with Crippen LogP contribution < -0.4 is 0 Å². The van der Waals surface area contributed by atoms with Crippen LogP contribution >= 0.6 is 0 Å². The Kier molecular flexibility index (Phi) is 40.9. The van der Waals surface area contributed by atoms with Gasteiger partial charge in [-0.2, -0.15) is 0 Å². The van der Waals surface area contributed by atoms with E-state index < -0.39 is 92.7 Å². The molecule has 15 heteroatoms. The average Bonchev–Trinajstić information content (AvgIpc) is 3.37. The van der Waals surface area contributed by atoms with Gasteiger partial charge in [0.1, 0.15) is 55.4 Å². The largest absolute Gasteiger partial charge is 0.462 e. The molecule has 0 aromatic carbocycles. The summed E-state index contributed by atoms with van der Waals surface area (Å²) in [7, 11) is 0. The van der Waals surface area contributed by atoms with Crippen LogP contribution in [0.1, 0.15) is 245 Å². The normalized spacial score (nSPS) is 25.0. The van der Waals surface area contributed by atoms with Crippen molar-refractivity contribution >= 4 is 11.9 Å². The van der Waals surface area contributed by atoms with Crippen molar-refractivity contribution in [3.05, 3.63) is 12.2 Å². The molecule has 0 saturated carbocycles. The molecular formula is C57H106O15. The van der Waals surface area contributed by atoms with Crippen molar-refractivity contribution in [2.45, 2.75) is 313 Å². The molecule has 0 spiro atoms. The van der Waals surface area contributed by atoms with Crippen molar-refractivity contribution in [2.75, 3.05) is 26.4 Å². The first-order valence-electron chi connectivity index (χ1n) is 29.3. The summed E-state index contributed by atoms with van der Waals surface area (Å²) in [5.41, 5.74) is 0. The molecule has 2 aliphatic heterocycles. The second kappa shape index (κ2) is 44.4. The molecule has 424 valence electrons. The Bertz CT molecular complexity index is 1300. The lowest BCUT2D eigenvalue weighted by Crippen LogP contribution is -2.61. The van der Waals surface area contributed by atoms with Crippen LogP contribution in [-0.4, -0.2) is 142 Å². The number of aliphatic hydroxyl groups is 7. The molecule has 11 atom stereocenters. The summed E-state index contributed by atoms with van der Waals surface area (Å²) in [6, 6.07) is 0. The zero-order chi connectivity index (χ0) is 52.4. The number of allylic oxidation sites excluding steroid dienone is 2. The lowest BCUT2D eigenvalue weighted by molar-refractivity contribution is -0.332. The number of carbonyl (C=O) groups excluding carboxylic acids is 2. The number of rotatable bonds is 47. The minimum absolute atomic E-state index is 0.160. The Morgan fingerprint density at radius 3 is 1.22 bits per heavy atom. The standard InChI is InChI=1S/C57H106O15/c1-3-5-7-9-11-13-15-17-19-20-21-22-23-24-26-27-29-31-33-35-37-39-48(59)67-42-45(70-49(60)40-38-36-34-32-30-28-25-18-16-14-12-10-8-6-4-2)43-68-56-55(66)53(64)51(62)47(72-56)44-69-57-54(65)52(63)50(61)46(41-58)71-57/h18,25,45-47,50-58,61-66H,3-17,19-24,26-44H2,1-2H3/b25-18+/t45-,46+,47+,50-,51-,52?,53?,54?,55?,56+,57+/m0/s1. The molecule has 2 fully saturated rings. The van der Waals surface area contributed by atoms with Gasteiger partial charge in [0.25, 0.3) is 0 Å². The highest BCUT2D eigenvalue weighted by Crippen LogP contribution is 2.27. The third-order valence-electron chi connectivity index (χ3n) is 14.2. The third-order valence-corrected chi connectivity index (χ3v) is 14.2. The number of esters is 2. The molecule has 0 aliphatic carbocycles. The lowest BCUT2D eigenvalue weighted by atomic mass is 9.98. The maximum Gasteiger partial charge on any atom is 0.306 e. The highest BCUT2D eigenvalue weighted by molar-refractivity contribution is 5.70. The number of hydrogen-bond donors (Lipinski definition) is 7. The Balaban J connectivity index is 1.73. The van der Waals surface area contributed by atoms with Gasteiger partial charge in [-0.15, -0.1) is 0 Å². The molecule has 15 nitrogen and oxygen atoms in total. The van der Waals surface area contributed by atoms with Crippen LogP contribution in [0.15, 0.2) is 12.2 Å². The van der Waals surface area contributed by atoms with E-state index in [1.807, 2.05) is 0 Å². The van der Waals surface area contributed by atoms with E-state index >= 15 is 0 Å². The van der Waals surface area contributed by atoms with Gasteiger partial charge in [-0.05, 0) is 38.5 Å². The number of aliphatic hydroxyl groups excluding tert-OH is 7. The molecular weight excluding hydrogens is 925 g/mol. The van der Waals surface area contributed by atoms with Crippen LogP contribution in [0.5, 0.6) is 0 Å². The van der Waals surface area contributed by atoms with Gasteiger partial charge in [0, 0.05) is 12.8 Å². The minimum atomic E-state index is -1.76. The summed E-state index contributed by atoms with van der Waals surface area (Å²) >= 11 is 0. The first-order valence-corrected chi connectivity index (χ1v) is 29.3. The molecule has 0 aromatic heterocycles. The zero-order valence-corrected chi connectivity index (χ0v) is 45.2. The maximum atomic E-state index is 13.0. The zero-order valence-electron chi connectivity index (χ0n) is 45.2. The molecule has 2 saturated heterocycles. The van der Waals surface area contributed by atoms with E-state index in [0.717, 1.165) is 57.8 Å². The van der Waals surface area contributed by atoms with Crippen molar-refractivity contribution < 1.29 is 73.8 Å². The van der Waals surface area contributed by atoms with E-state index in [1.54, 1.807) is 0 Å². The number of hydrogen-bond acceptors (Lipinski definition) is 15. The summed E-state index contributed by atoms with van der Waals surface area (Å²) in [6.07, 6.45) is 29.5. The summed E-state index contributed by atoms with van der Waals surface area (Å²) in [5, 5.41) is 72.2. The van der Waals surface area contributed by atoms with Crippen LogP contribution in [0.25, 0.3) is 0 Å². The third kappa shape index (κ3) is 31.3. The second-order valence-corrected chi connectivity index (χ2v) is 20.8. The molecule has 2 heterocycles. The average molecular weight is 1030 g/mol. The van der Waals surface area contributed by atoms with Gasteiger partial charge in [0.15, 0.2) is 18.7 Å². The SMILES string of the molecule is CCCCCCCC/C=C/CCCCCCCC(=O)O[C@@H](COC(=O)CCCCCCCCCCCCCCCCCCCCCCC)CO[C@@H]1O[C@H](CO[C@@H]2O[C@H](CO)[C@H](O)C(O)C2O)[C@H](O)C(O)C1O. The summed E-state index contributed by atoms with van der Waals surface area (Å²) in [6.45, 7) is 2.63. The summed E-state index contributed by atoms with van der Waals surface area (Å²) < 4.78 is 33.7. The van der Waals surface area contributed by atoms with Gasteiger partial charge in [0.2, 0.25) is 0 Å². The molecule has 0 aromatic rings. The van der Waals surface area contributed by atoms with E-state index in [4.69, 9.17) is 28.4 Å². The van der Waals surface area contributed by atoms with Gasteiger partial charge in [-0.1, -0.05) is 206 Å². The van der Waals surface area contributed by atoms with Crippen LogP contribution in [0.3, 0.4) is 0 Å². The molecule has 0 bridgehead atoms. The smallest absolute Gasteiger partial charge is 0.306 e. The maximum absolute atomic E-state index is 13.0. The minimum Gasteiger partial charge on any atom is -0.462 e. The number of unbranched alkanes of at least 4 members (excludes halogenated alkanes) is 31. The van der Waals surface area contributed by atoms with Crippen molar-refractivity contribution in [3.63, 3.8) is 0 Å². The van der Waals surface area contributed by atoms with Crippen molar-refractivity contribution in [3.8, 4) is 0 Å². The van der Waals surface area contributed by atoms with E-state index in [1.165, 1.54) is 148 Å². The Labute approximate surface area is 435 Å². The van der Waals surface area contributed by atoms with E-state index in [-0.39, 0.29) is 26.1 Å². The summed E-state index contributed by atoms with van der Waals surface area (Å²) in [5.74, 6) is -0.919. The highest BCUT2D eigenvalue weighted by Gasteiger charge is 2.47. The first kappa shape index (κ1) is 66.4. The Hall–Kier alpha value is -1.76. The van der Waals surface area contributed by atoms with E-state index in [9.17, 15) is 45.3 Å². The van der Waals surface area contributed by atoms with Gasteiger partial charge < -0.3 is 64.2 Å². The molecule has 72 heavy (non-hydrogen) atoms. The highest BCUT2D eigenvalue weighted by atomic mass is 16.7. The van der Waals surface area contributed by atoms with E-state index in [2.05, 4.69) is 26.0 Å². The second-order valence-electron chi connectivity index (χ2n) is 20.8. The molecule has 2 aliphatic rings. The lowest BCUT2D eigenvalue weighted by Gasteiger charge is -2.42. The van der Waals surface area contributed by atoms with Crippen LogP contribution in [0.2, 0.25) is 0 Å². The predicted molar refractivity (Wildman–Crippen MR) is 280 cm³/mol. The van der Waals surface area contributed by atoms with Gasteiger partial charge in [-0.3, -0.25) is 9.59 Å². The van der Waals surface area contributed by atoms with Crippen LogP contribution in [-0.2, 0) is 38.0 Å². The fourth-order valence-corrected chi connectivity index (χ4v) is 9.45. The molecule has 2 rings (SSSR count). The Morgan fingerprint density at radius 2 is 0.792 bits per heavy atom. The summed E-state index contributed by atoms with van der Waals surface area (Å²) in [4.78, 5) is 25.9. The first-order chi connectivity index (χ1) is 35.0. The number of carbonyl (C=O) groups is 2. The predicted octanol–water partition coefficient (Wildman–Crippen LogP) is 9.72. The van der Waals surface area contributed by atoms with E-state index in [0.29, 0.717) is 12.8 Å². The van der Waals surface area contributed by atoms with Gasteiger partial charge >= 0.3 is 11.9 Å². The van der Waals surface area contributed by atoms with Crippen LogP contribution in [0.4, 0.5) is 0 Å². The Morgan fingerprint density at radius 1 is 0.431 bits per heavy atom. The fraction of sp³-hybridized carbons (Fsp3) is 0.930. The van der Waals surface area contributed by atoms with Crippen molar-refractivity contribution in [2.24, 2.45) is 0 Å². The van der Waals surface area contributed by atoms with Gasteiger partial charge in [0.05, 0.1) is 19.8 Å². The number of ether oxygens (including phenoxy) is 6. The topological polar surface area (TPSA) is 231 Å². The fourth-order valence-electron chi connectivity index (χ4n) is 9.45. The monoisotopic (exact) mass is 1030 g/mol. The van der Waals surface area contributed by atoms with Crippen LogP contribution in [0, 0.1) is 0 Å². The quantitative estimate of drug-likeness (QED) is 0.0171. The molecule has 4 unspecified atom stereocenters. The molecule has 0 amide bonds. The van der Waals surface area contributed by atoms with Gasteiger partial charge in [-0.25, -0.2) is 0 Å². The molecule has 7 N–H and O–H groups in total.